The third-order valence-corrected chi connectivity index (χ3v) is 4.99. The van der Waals surface area contributed by atoms with E-state index in [1.54, 1.807) is 36.4 Å². The van der Waals surface area contributed by atoms with Gasteiger partial charge in [0.15, 0.2) is 0 Å². The van der Waals surface area contributed by atoms with E-state index >= 15 is 0 Å². The predicted molar refractivity (Wildman–Crippen MR) is 69.2 cm³/mol. The number of benzene rings is 2. The minimum Gasteiger partial charge on any atom is -0.455 e. The Bertz CT molecular complexity index is 735. The van der Waals surface area contributed by atoms with Crippen LogP contribution < -0.4 is 4.74 Å². The lowest BCUT2D eigenvalue weighted by Crippen LogP contribution is -2.14. The number of hydrogen-bond acceptors (Lipinski definition) is 4. The van der Waals surface area contributed by atoms with Gasteiger partial charge in [0, 0.05) is 6.61 Å². The van der Waals surface area contributed by atoms with Gasteiger partial charge in [-0.1, -0.05) is 24.3 Å². The van der Waals surface area contributed by atoms with Crippen LogP contribution in [-0.2, 0) is 16.3 Å². The van der Waals surface area contributed by atoms with E-state index in [9.17, 15) is 8.42 Å². The number of fused-ring (bicyclic) bond motifs is 2. The van der Waals surface area contributed by atoms with E-state index in [4.69, 9.17) is 9.84 Å². The first-order valence-corrected chi connectivity index (χ1v) is 7.37. The van der Waals surface area contributed by atoms with E-state index in [1.807, 2.05) is 0 Å². The summed E-state index contributed by atoms with van der Waals surface area (Å²) in [6.07, 6.45) is 0.286. The van der Waals surface area contributed by atoms with Crippen molar-refractivity contribution < 1.29 is 18.3 Å². The van der Waals surface area contributed by atoms with Gasteiger partial charge in [0.25, 0.3) is 0 Å². The van der Waals surface area contributed by atoms with Gasteiger partial charge in [0.2, 0.25) is 9.84 Å². The fraction of sp³-hybridized carbons (Fsp3) is 0.143. The molecule has 1 aliphatic heterocycles. The normalized spacial score (nSPS) is 15.2. The summed E-state index contributed by atoms with van der Waals surface area (Å²) >= 11 is 0. The Morgan fingerprint density at radius 2 is 1.74 bits per heavy atom. The summed E-state index contributed by atoms with van der Waals surface area (Å²) in [5, 5.41) is 9.05. The number of rotatable bonds is 2. The molecule has 0 saturated heterocycles. The van der Waals surface area contributed by atoms with Crippen molar-refractivity contribution in [2.75, 3.05) is 6.61 Å². The van der Waals surface area contributed by atoms with Crippen molar-refractivity contribution >= 4 is 9.84 Å². The second-order valence-electron chi connectivity index (χ2n) is 4.27. The molecule has 1 heterocycles. The molecule has 5 heteroatoms. The topological polar surface area (TPSA) is 63.6 Å². The fourth-order valence-electron chi connectivity index (χ4n) is 2.25. The quantitative estimate of drug-likeness (QED) is 0.779. The maximum absolute atomic E-state index is 12.6. The fourth-order valence-corrected chi connectivity index (χ4v) is 3.99. The highest BCUT2D eigenvalue weighted by atomic mass is 32.2. The third-order valence-electron chi connectivity index (χ3n) is 3.07. The first-order valence-electron chi connectivity index (χ1n) is 5.89. The monoisotopic (exact) mass is 276 g/mol. The van der Waals surface area contributed by atoms with Crippen molar-refractivity contribution in [3.63, 3.8) is 0 Å². The van der Waals surface area contributed by atoms with Crippen molar-refractivity contribution in [2.45, 2.75) is 16.2 Å². The van der Waals surface area contributed by atoms with Crippen LogP contribution >= 0.6 is 0 Å². The van der Waals surface area contributed by atoms with Crippen LogP contribution in [0.2, 0.25) is 0 Å². The molecule has 0 radical (unpaired) electrons. The van der Waals surface area contributed by atoms with Gasteiger partial charge in [-0.25, -0.2) is 8.42 Å². The lowest BCUT2D eigenvalue weighted by Gasteiger charge is -2.22. The maximum Gasteiger partial charge on any atom is 0.214 e. The number of sulfone groups is 1. The molecule has 1 aliphatic rings. The van der Waals surface area contributed by atoms with Gasteiger partial charge in [-0.05, 0) is 30.2 Å². The highest BCUT2D eigenvalue weighted by Crippen LogP contribution is 2.43. The summed E-state index contributed by atoms with van der Waals surface area (Å²) < 4.78 is 30.9. The van der Waals surface area contributed by atoms with Gasteiger partial charge in [-0.2, -0.15) is 0 Å². The molecule has 0 unspecified atom stereocenters. The van der Waals surface area contributed by atoms with Crippen molar-refractivity contribution in [3.8, 4) is 11.5 Å². The minimum absolute atomic E-state index is 0.104. The van der Waals surface area contributed by atoms with E-state index in [2.05, 4.69) is 0 Å². The first kappa shape index (κ1) is 12.2. The molecule has 4 nitrogen and oxygen atoms in total. The van der Waals surface area contributed by atoms with Crippen LogP contribution in [0.25, 0.3) is 0 Å². The van der Waals surface area contributed by atoms with Gasteiger partial charge in [-0.3, -0.25) is 0 Å². The van der Waals surface area contributed by atoms with Crippen LogP contribution in [0.1, 0.15) is 5.56 Å². The average molecular weight is 276 g/mol. The molecule has 0 aromatic heterocycles. The molecule has 0 bridgehead atoms. The summed E-state index contributed by atoms with van der Waals surface area (Å²) in [6.45, 7) is -0.104. The van der Waals surface area contributed by atoms with Gasteiger partial charge in [-0.15, -0.1) is 0 Å². The number of aliphatic hydroxyl groups is 1. The average Bonchev–Trinajstić information content (AvgIpc) is 2.39. The Hall–Kier alpha value is -1.85. The molecule has 0 aliphatic carbocycles. The molecular formula is C14H12O4S. The van der Waals surface area contributed by atoms with Crippen LogP contribution in [0.15, 0.2) is 52.3 Å². The Kier molecular flexibility index (Phi) is 2.80. The molecule has 0 atom stereocenters. The number of hydrogen-bond donors (Lipinski definition) is 1. The third kappa shape index (κ3) is 1.82. The Morgan fingerprint density at radius 1 is 1.00 bits per heavy atom. The summed E-state index contributed by atoms with van der Waals surface area (Å²) in [6, 6.07) is 11.6. The molecule has 19 heavy (non-hydrogen) atoms. The summed E-state index contributed by atoms with van der Waals surface area (Å²) in [5.41, 5.74) is 0.578. The highest BCUT2D eigenvalue weighted by molar-refractivity contribution is 7.91. The van der Waals surface area contributed by atoms with Crippen LogP contribution in [-0.4, -0.2) is 20.1 Å². The smallest absolute Gasteiger partial charge is 0.214 e. The van der Waals surface area contributed by atoms with Crippen molar-refractivity contribution in [3.05, 3.63) is 48.0 Å². The van der Waals surface area contributed by atoms with Crippen LogP contribution in [0, 0.1) is 0 Å². The van der Waals surface area contributed by atoms with Crippen molar-refractivity contribution in [1.29, 1.82) is 0 Å². The summed E-state index contributed by atoms with van der Waals surface area (Å²) in [7, 11) is -3.59. The molecule has 2 aromatic carbocycles. The SMILES string of the molecule is O=S1(=O)c2ccccc2Oc2cccc(CCO)c21. The van der Waals surface area contributed by atoms with Crippen molar-refractivity contribution in [2.24, 2.45) is 0 Å². The maximum atomic E-state index is 12.6. The molecular weight excluding hydrogens is 264 g/mol. The largest absolute Gasteiger partial charge is 0.455 e. The molecule has 0 saturated carbocycles. The molecule has 3 rings (SSSR count). The second-order valence-corrected chi connectivity index (χ2v) is 6.13. The molecule has 0 fully saturated rings. The Morgan fingerprint density at radius 3 is 2.53 bits per heavy atom. The van der Waals surface area contributed by atoms with Crippen LogP contribution in [0.3, 0.4) is 0 Å². The Balaban J connectivity index is 2.29. The molecule has 1 N–H and O–H groups in total. The summed E-state index contributed by atoms with van der Waals surface area (Å²) in [4.78, 5) is 0.343. The molecule has 0 spiro atoms. The van der Waals surface area contributed by atoms with Gasteiger partial charge < -0.3 is 9.84 Å². The zero-order valence-corrected chi connectivity index (χ0v) is 10.9. The van der Waals surface area contributed by atoms with Crippen LogP contribution in [0.5, 0.6) is 11.5 Å². The standard InChI is InChI=1S/C14H12O4S/c15-9-8-10-4-3-6-12-14(10)19(16,17)13-7-2-1-5-11(13)18-12/h1-7,15H,8-9H2. The number of aliphatic hydroxyl groups excluding tert-OH is 1. The minimum atomic E-state index is -3.59. The van der Waals surface area contributed by atoms with Crippen LogP contribution in [0.4, 0.5) is 0 Å². The van der Waals surface area contributed by atoms with E-state index in [-0.39, 0.29) is 22.8 Å². The van der Waals surface area contributed by atoms with Gasteiger partial charge >= 0.3 is 0 Å². The van der Waals surface area contributed by atoms with Gasteiger partial charge in [0.05, 0.1) is 0 Å². The number of ether oxygens (including phenoxy) is 1. The lowest BCUT2D eigenvalue weighted by molar-refractivity contribution is 0.298. The van der Waals surface area contributed by atoms with E-state index in [0.29, 0.717) is 17.1 Å². The van der Waals surface area contributed by atoms with Crippen molar-refractivity contribution in [1.82, 2.24) is 0 Å². The molecule has 98 valence electrons. The Labute approximate surface area is 111 Å². The zero-order valence-electron chi connectivity index (χ0n) is 10.0. The van der Waals surface area contributed by atoms with E-state index < -0.39 is 9.84 Å². The highest BCUT2D eigenvalue weighted by Gasteiger charge is 2.32. The molecule has 2 aromatic rings. The molecule has 0 amide bonds. The van der Waals surface area contributed by atoms with E-state index in [1.165, 1.54) is 6.07 Å². The number of para-hydroxylation sites is 1. The van der Waals surface area contributed by atoms with Gasteiger partial charge in [0.1, 0.15) is 21.3 Å². The predicted octanol–water partition coefficient (Wildman–Crippen LogP) is 2.16. The second kappa shape index (κ2) is 4.36. The first-order chi connectivity index (χ1) is 9.14. The van der Waals surface area contributed by atoms with E-state index in [0.717, 1.165) is 0 Å². The summed E-state index contributed by atoms with van der Waals surface area (Å²) in [5.74, 6) is 0.667. The zero-order chi connectivity index (χ0) is 13.5. The lowest BCUT2D eigenvalue weighted by atomic mass is 10.1.